The summed E-state index contributed by atoms with van der Waals surface area (Å²) >= 11 is 0. The molecule has 10 heavy (non-hydrogen) atoms. The normalized spacial score (nSPS) is 9.80. The minimum atomic E-state index is 0.513. The third-order valence-electron chi connectivity index (χ3n) is 1.12. The molecular formula is C7H11NO2. The van der Waals surface area contributed by atoms with Gasteiger partial charge >= 0.3 is 5.95 Å². The van der Waals surface area contributed by atoms with E-state index in [4.69, 9.17) is 9.15 Å². The van der Waals surface area contributed by atoms with Crippen molar-refractivity contribution in [3.63, 3.8) is 0 Å². The van der Waals surface area contributed by atoms with Gasteiger partial charge in [-0.15, -0.1) is 0 Å². The van der Waals surface area contributed by atoms with Crippen LogP contribution in [0.25, 0.3) is 0 Å². The monoisotopic (exact) mass is 141 g/mol. The van der Waals surface area contributed by atoms with Gasteiger partial charge in [0.2, 0.25) is 0 Å². The van der Waals surface area contributed by atoms with Gasteiger partial charge in [0.1, 0.15) is 6.20 Å². The Bertz CT molecular complexity index is 195. The van der Waals surface area contributed by atoms with Crippen molar-refractivity contribution in [1.29, 1.82) is 0 Å². The second-order valence-corrected chi connectivity index (χ2v) is 1.86. The van der Waals surface area contributed by atoms with Gasteiger partial charge in [0.25, 0.3) is 0 Å². The Balaban J connectivity index is 2.59. The Morgan fingerprint density at radius 1 is 1.60 bits per heavy atom. The molecule has 0 aliphatic rings. The highest BCUT2D eigenvalue weighted by Gasteiger charge is 1.99. The number of aromatic nitrogens is 1. The van der Waals surface area contributed by atoms with Crippen LogP contribution in [0, 0.1) is 0 Å². The fourth-order valence-electron chi connectivity index (χ4n) is 0.666. The van der Waals surface area contributed by atoms with Gasteiger partial charge in [-0.1, -0.05) is 6.92 Å². The molecular weight excluding hydrogens is 130 g/mol. The summed E-state index contributed by atoms with van der Waals surface area (Å²) in [7, 11) is 0. The van der Waals surface area contributed by atoms with Crippen LogP contribution in [0.3, 0.4) is 0 Å². The molecule has 0 unspecified atom stereocenters. The second kappa shape index (κ2) is 3.25. The molecule has 56 valence electrons. The van der Waals surface area contributed by atoms with Gasteiger partial charge in [-0.3, -0.25) is 0 Å². The molecule has 0 saturated heterocycles. The van der Waals surface area contributed by atoms with Crippen molar-refractivity contribution >= 4 is 0 Å². The summed E-state index contributed by atoms with van der Waals surface area (Å²) in [6.07, 6.45) is 2.41. The molecule has 0 fully saturated rings. The minimum absolute atomic E-state index is 0.513. The Kier molecular flexibility index (Phi) is 2.31. The highest BCUT2D eigenvalue weighted by molar-refractivity contribution is 4.99. The SMILES string of the molecule is CCOc1cnc(CC)o1. The molecule has 1 rings (SSSR count). The Morgan fingerprint density at radius 3 is 2.90 bits per heavy atom. The predicted octanol–water partition coefficient (Wildman–Crippen LogP) is 1.64. The van der Waals surface area contributed by atoms with Crippen LogP contribution in [0.15, 0.2) is 10.6 Å². The van der Waals surface area contributed by atoms with Crippen LogP contribution in [0.1, 0.15) is 19.7 Å². The zero-order chi connectivity index (χ0) is 7.40. The van der Waals surface area contributed by atoms with E-state index in [0.717, 1.165) is 12.3 Å². The van der Waals surface area contributed by atoms with E-state index in [2.05, 4.69) is 4.98 Å². The maximum Gasteiger partial charge on any atom is 0.305 e. The van der Waals surface area contributed by atoms with E-state index in [1.165, 1.54) is 0 Å². The van der Waals surface area contributed by atoms with Gasteiger partial charge in [-0.25, -0.2) is 4.98 Å². The molecule has 0 N–H and O–H groups in total. The van der Waals surface area contributed by atoms with Crippen molar-refractivity contribution < 1.29 is 9.15 Å². The van der Waals surface area contributed by atoms with E-state index in [-0.39, 0.29) is 0 Å². The molecule has 1 heterocycles. The molecule has 1 aromatic heterocycles. The highest BCUT2D eigenvalue weighted by atomic mass is 16.6. The first-order valence-corrected chi connectivity index (χ1v) is 3.44. The zero-order valence-corrected chi connectivity index (χ0v) is 6.26. The first-order valence-electron chi connectivity index (χ1n) is 3.44. The van der Waals surface area contributed by atoms with Gasteiger partial charge in [0.05, 0.1) is 6.61 Å². The van der Waals surface area contributed by atoms with Crippen molar-refractivity contribution in [2.45, 2.75) is 20.3 Å². The first-order chi connectivity index (χ1) is 4.86. The Labute approximate surface area is 60.0 Å². The predicted molar refractivity (Wildman–Crippen MR) is 37.1 cm³/mol. The third kappa shape index (κ3) is 1.50. The van der Waals surface area contributed by atoms with Crippen LogP contribution < -0.4 is 4.74 Å². The molecule has 3 nitrogen and oxygen atoms in total. The number of aryl methyl sites for hydroxylation is 1. The van der Waals surface area contributed by atoms with Crippen molar-refractivity contribution in [3.8, 4) is 5.95 Å². The maximum absolute atomic E-state index is 5.14. The summed E-state index contributed by atoms with van der Waals surface area (Å²) in [6.45, 7) is 4.52. The van der Waals surface area contributed by atoms with Crippen molar-refractivity contribution in [2.24, 2.45) is 0 Å². The van der Waals surface area contributed by atoms with Crippen LogP contribution in [0.4, 0.5) is 0 Å². The van der Waals surface area contributed by atoms with E-state index < -0.39 is 0 Å². The van der Waals surface area contributed by atoms with E-state index in [9.17, 15) is 0 Å². The van der Waals surface area contributed by atoms with Crippen LogP contribution >= 0.6 is 0 Å². The van der Waals surface area contributed by atoms with Gasteiger partial charge in [0, 0.05) is 6.42 Å². The molecule has 0 aromatic carbocycles. The van der Waals surface area contributed by atoms with E-state index in [1.54, 1.807) is 6.20 Å². The van der Waals surface area contributed by atoms with Crippen molar-refractivity contribution in [1.82, 2.24) is 4.98 Å². The van der Waals surface area contributed by atoms with E-state index >= 15 is 0 Å². The van der Waals surface area contributed by atoms with Crippen molar-refractivity contribution in [2.75, 3.05) is 6.61 Å². The Hall–Kier alpha value is -0.990. The largest absolute Gasteiger partial charge is 0.464 e. The lowest BCUT2D eigenvalue weighted by atomic mass is 10.5. The second-order valence-electron chi connectivity index (χ2n) is 1.86. The molecule has 0 bridgehead atoms. The number of ether oxygens (including phenoxy) is 1. The number of hydrogen-bond donors (Lipinski definition) is 0. The van der Waals surface area contributed by atoms with Crippen LogP contribution in [-0.2, 0) is 6.42 Å². The lowest BCUT2D eigenvalue weighted by molar-refractivity contribution is 0.250. The summed E-state index contributed by atoms with van der Waals surface area (Å²) in [5.74, 6) is 1.24. The molecule has 0 aliphatic heterocycles. The molecule has 0 amide bonds. The molecule has 3 heteroatoms. The number of nitrogens with zero attached hydrogens (tertiary/aromatic N) is 1. The summed E-state index contributed by atoms with van der Waals surface area (Å²) in [5, 5.41) is 0. The zero-order valence-electron chi connectivity index (χ0n) is 6.26. The number of oxazole rings is 1. The lowest BCUT2D eigenvalue weighted by Crippen LogP contribution is -1.88. The smallest absolute Gasteiger partial charge is 0.305 e. The van der Waals surface area contributed by atoms with Gasteiger partial charge in [-0.2, -0.15) is 0 Å². The quantitative estimate of drug-likeness (QED) is 0.641. The summed E-state index contributed by atoms with van der Waals surface area (Å²) in [6, 6.07) is 0. The van der Waals surface area contributed by atoms with Gasteiger partial charge in [-0.05, 0) is 6.92 Å². The first kappa shape index (κ1) is 7.12. The maximum atomic E-state index is 5.14. The fourth-order valence-corrected chi connectivity index (χ4v) is 0.666. The average Bonchev–Trinajstić information content (AvgIpc) is 2.37. The topological polar surface area (TPSA) is 35.3 Å². The lowest BCUT2D eigenvalue weighted by Gasteiger charge is -1.93. The molecule has 1 aromatic rings. The van der Waals surface area contributed by atoms with Crippen LogP contribution in [0.2, 0.25) is 0 Å². The molecule has 0 radical (unpaired) electrons. The molecule has 0 aliphatic carbocycles. The number of rotatable bonds is 3. The van der Waals surface area contributed by atoms with Crippen LogP contribution in [-0.4, -0.2) is 11.6 Å². The Morgan fingerprint density at radius 2 is 2.40 bits per heavy atom. The van der Waals surface area contributed by atoms with Gasteiger partial charge < -0.3 is 9.15 Å². The number of hydrogen-bond acceptors (Lipinski definition) is 3. The summed E-state index contributed by atoms with van der Waals surface area (Å²) in [5.41, 5.74) is 0. The minimum Gasteiger partial charge on any atom is -0.464 e. The fraction of sp³-hybridized carbons (Fsp3) is 0.571. The van der Waals surface area contributed by atoms with E-state index in [1.807, 2.05) is 13.8 Å². The summed E-state index contributed by atoms with van der Waals surface area (Å²) < 4.78 is 10.2. The highest BCUT2D eigenvalue weighted by Crippen LogP contribution is 2.11. The average molecular weight is 141 g/mol. The van der Waals surface area contributed by atoms with Crippen molar-refractivity contribution in [3.05, 3.63) is 12.1 Å². The molecule has 0 spiro atoms. The van der Waals surface area contributed by atoms with Gasteiger partial charge in [0.15, 0.2) is 5.89 Å². The molecule has 0 atom stereocenters. The summed E-state index contributed by atoms with van der Waals surface area (Å²) in [4.78, 5) is 3.96. The molecule has 0 saturated carbocycles. The van der Waals surface area contributed by atoms with Crippen LogP contribution in [0.5, 0.6) is 5.95 Å². The standard InChI is InChI=1S/C7H11NO2/c1-3-6-8-5-7(10-6)9-4-2/h5H,3-4H2,1-2H3. The third-order valence-corrected chi connectivity index (χ3v) is 1.12. The van der Waals surface area contributed by atoms with E-state index in [0.29, 0.717) is 12.6 Å².